The third-order valence-electron chi connectivity index (χ3n) is 4.54. The Morgan fingerprint density at radius 2 is 1.62 bits per heavy atom. The van der Waals surface area contributed by atoms with E-state index in [1.54, 1.807) is 30.3 Å². The number of aryl methyl sites for hydroxylation is 1. The van der Waals surface area contributed by atoms with Gasteiger partial charge in [-0.2, -0.15) is 0 Å². The Balaban J connectivity index is 1.52. The van der Waals surface area contributed by atoms with E-state index in [2.05, 4.69) is 20.9 Å². The van der Waals surface area contributed by atoms with Gasteiger partial charge < -0.3 is 5.32 Å². The second kappa shape index (κ2) is 10.7. The summed E-state index contributed by atoms with van der Waals surface area (Å²) >= 11 is 5.17. The summed E-state index contributed by atoms with van der Waals surface area (Å²) in [4.78, 5) is 12.6. The van der Waals surface area contributed by atoms with Crippen LogP contribution in [-0.2, 0) is 16.4 Å². The van der Waals surface area contributed by atoms with Crippen LogP contribution in [0.15, 0.2) is 83.8 Å². The number of benzene rings is 3. The zero-order valence-corrected chi connectivity index (χ0v) is 19.1. The van der Waals surface area contributed by atoms with Gasteiger partial charge in [-0.15, -0.1) is 0 Å². The van der Waals surface area contributed by atoms with Gasteiger partial charge in [0.15, 0.2) is 5.11 Å². The van der Waals surface area contributed by atoms with Gasteiger partial charge in [0.2, 0.25) is 0 Å². The van der Waals surface area contributed by atoms with Crippen LogP contribution in [0.25, 0.3) is 0 Å². The van der Waals surface area contributed by atoms with E-state index in [1.165, 1.54) is 23.8 Å². The fourth-order valence-electron chi connectivity index (χ4n) is 2.85. The van der Waals surface area contributed by atoms with E-state index in [9.17, 15) is 13.2 Å². The van der Waals surface area contributed by atoms with Gasteiger partial charge >= 0.3 is 0 Å². The highest BCUT2D eigenvalue weighted by Gasteiger charge is 2.15. The van der Waals surface area contributed by atoms with Crippen LogP contribution >= 0.6 is 12.2 Å². The molecule has 0 aromatic heterocycles. The zero-order valence-electron chi connectivity index (χ0n) is 17.5. The van der Waals surface area contributed by atoms with Gasteiger partial charge in [0.25, 0.3) is 15.9 Å². The number of rotatable bonds is 7. The van der Waals surface area contributed by atoms with Gasteiger partial charge in [0.1, 0.15) is 0 Å². The minimum atomic E-state index is -3.76. The van der Waals surface area contributed by atoms with Gasteiger partial charge in [-0.25, -0.2) is 8.42 Å². The molecule has 4 N–H and O–H groups in total. The summed E-state index contributed by atoms with van der Waals surface area (Å²) in [5, 5.41) is 3.30. The average Bonchev–Trinajstić information content (AvgIpc) is 2.78. The van der Waals surface area contributed by atoms with Gasteiger partial charge in [-0.05, 0) is 61.5 Å². The van der Waals surface area contributed by atoms with Crippen LogP contribution in [0, 0.1) is 6.92 Å². The predicted molar refractivity (Wildman–Crippen MR) is 130 cm³/mol. The highest BCUT2D eigenvalue weighted by Crippen LogP contribution is 2.17. The largest absolute Gasteiger partial charge is 0.361 e. The highest BCUT2D eigenvalue weighted by molar-refractivity contribution is 7.92. The van der Waals surface area contributed by atoms with Gasteiger partial charge in [-0.3, -0.25) is 20.4 Å². The van der Waals surface area contributed by atoms with E-state index in [4.69, 9.17) is 12.2 Å². The Morgan fingerprint density at radius 3 is 2.34 bits per heavy atom. The summed E-state index contributed by atoms with van der Waals surface area (Å²) < 4.78 is 27.6. The van der Waals surface area contributed by atoms with E-state index >= 15 is 0 Å². The minimum Gasteiger partial charge on any atom is -0.361 e. The molecule has 1 amide bonds. The van der Waals surface area contributed by atoms with Crippen LogP contribution in [0.4, 0.5) is 5.69 Å². The van der Waals surface area contributed by atoms with Crippen molar-refractivity contribution >= 4 is 38.9 Å². The monoisotopic (exact) mass is 468 g/mol. The van der Waals surface area contributed by atoms with Crippen LogP contribution in [0.5, 0.6) is 0 Å². The average molecular weight is 469 g/mol. The van der Waals surface area contributed by atoms with Crippen LogP contribution in [-0.4, -0.2) is 26.0 Å². The van der Waals surface area contributed by atoms with E-state index in [1.807, 2.05) is 37.3 Å². The first-order chi connectivity index (χ1) is 15.3. The van der Waals surface area contributed by atoms with Gasteiger partial charge in [0.05, 0.1) is 4.90 Å². The lowest BCUT2D eigenvalue weighted by molar-refractivity contribution is 0.0943. The first kappa shape index (κ1) is 23.2. The molecule has 0 radical (unpaired) electrons. The molecule has 166 valence electrons. The summed E-state index contributed by atoms with van der Waals surface area (Å²) in [5.41, 5.74) is 7.84. The highest BCUT2D eigenvalue weighted by atomic mass is 32.2. The maximum atomic E-state index is 12.6. The number of thiocarbonyl (C=S) groups is 1. The topological polar surface area (TPSA) is 99.3 Å². The number of amides is 1. The number of carbonyl (C=O) groups excluding carboxylic acids is 1. The summed E-state index contributed by atoms with van der Waals surface area (Å²) in [6, 6.07) is 22.7. The Labute approximate surface area is 193 Å². The molecule has 0 aliphatic heterocycles. The van der Waals surface area contributed by atoms with Gasteiger partial charge in [0, 0.05) is 17.8 Å². The third kappa shape index (κ3) is 6.79. The quantitative estimate of drug-likeness (QED) is 0.314. The number of nitrogens with one attached hydrogen (secondary N) is 4. The smallest absolute Gasteiger partial charge is 0.269 e. The first-order valence-electron chi connectivity index (χ1n) is 9.91. The SMILES string of the molecule is Cc1ccc(S(=O)(=O)Nc2cccc(C(=O)NNC(=S)NCCc3ccccc3)c2)cc1. The van der Waals surface area contributed by atoms with Crippen LogP contribution in [0.2, 0.25) is 0 Å². The summed E-state index contributed by atoms with van der Waals surface area (Å²) in [5.74, 6) is -0.450. The molecule has 0 spiro atoms. The molecule has 3 aromatic rings. The van der Waals surface area contributed by atoms with Crippen molar-refractivity contribution in [2.24, 2.45) is 0 Å². The molecule has 9 heteroatoms. The summed E-state index contributed by atoms with van der Waals surface area (Å²) in [6.07, 6.45) is 0.791. The van der Waals surface area contributed by atoms with Crippen molar-refractivity contribution in [3.63, 3.8) is 0 Å². The molecule has 0 atom stereocenters. The lowest BCUT2D eigenvalue weighted by Gasteiger charge is -2.13. The fraction of sp³-hybridized carbons (Fsp3) is 0.130. The summed E-state index contributed by atoms with van der Waals surface area (Å²) in [6.45, 7) is 2.49. The molecule has 0 fully saturated rings. The van der Waals surface area contributed by atoms with Crippen LogP contribution in [0.1, 0.15) is 21.5 Å². The number of hydrazine groups is 1. The second-order valence-corrected chi connectivity index (χ2v) is 9.16. The number of sulfonamides is 1. The van der Waals surface area contributed by atoms with Crippen molar-refractivity contribution in [2.45, 2.75) is 18.2 Å². The van der Waals surface area contributed by atoms with Crippen molar-refractivity contribution in [2.75, 3.05) is 11.3 Å². The van der Waals surface area contributed by atoms with Crippen molar-refractivity contribution in [3.05, 3.63) is 95.6 Å². The molecule has 3 aromatic carbocycles. The van der Waals surface area contributed by atoms with E-state index in [0.29, 0.717) is 6.54 Å². The number of carbonyl (C=O) groups is 1. The molecule has 0 aliphatic carbocycles. The van der Waals surface area contributed by atoms with E-state index < -0.39 is 15.9 Å². The minimum absolute atomic E-state index is 0.145. The number of hydrogen-bond acceptors (Lipinski definition) is 4. The Morgan fingerprint density at radius 1 is 0.906 bits per heavy atom. The van der Waals surface area contributed by atoms with Crippen molar-refractivity contribution in [3.8, 4) is 0 Å². The van der Waals surface area contributed by atoms with Crippen molar-refractivity contribution < 1.29 is 13.2 Å². The molecule has 0 unspecified atom stereocenters. The lowest BCUT2D eigenvalue weighted by atomic mass is 10.1. The number of hydrogen-bond donors (Lipinski definition) is 4. The van der Waals surface area contributed by atoms with Crippen LogP contribution < -0.4 is 20.9 Å². The van der Waals surface area contributed by atoms with Crippen molar-refractivity contribution in [1.29, 1.82) is 0 Å². The Kier molecular flexibility index (Phi) is 7.80. The molecule has 0 saturated heterocycles. The molecular formula is C23H24N4O3S2. The van der Waals surface area contributed by atoms with Crippen LogP contribution in [0.3, 0.4) is 0 Å². The molecule has 7 nitrogen and oxygen atoms in total. The normalized spacial score (nSPS) is 10.8. The molecule has 32 heavy (non-hydrogen) atoms. The molecule has 0 saturated carbocycles. The predicted octanol–water partition coefficient (Wildman–Crippen LogP) is 3.15. The molecule has 3 rings (SSSR count). The maximum Gasteiger partial charge on any atom is 0.269 e. The maximum absolute atomic E-state index is 12.6. The summed E-state index contributed by atoms with van der Waals surface area (Å²) in [7, 11) is -3.76. The van der Waals surface area contributed by atoms with Gasteiger partial charge in [-0.1, -0.05) is 54.1 Å². The first-order valence-corrected chi connectivity index (χ1v) is 11.8. The Bertz CT molecular complexity index is 1180. The van der Waals surface area contributed by atoms with E-state index in [0.717, 1.165) is 12.0 Å². The molecule has 0 aliphatic rings. The molecular weight excluding hydrogens is 444 g/mol. The van der Waals surface area contributed by atoms with E-state index in [-0.39, 0.29) is 21.3 Å². The Hall–Kier alpha value is -3.43. The lowest BCUT2D eigenvalue weighted by Crippen LogP contribution is -2.47. The zero-order chi connectivity index (χ0) is 23.0. The molecule has 0 heterocycles. The standard InChI is InChI=1S/C23H24N4O3S2/c1-17-10-12-21(13-11-17)32(29,30)27-20-9-5-8-19(16-20)22(28)25-26-23(31)24-15-14-18-6-3-2-4-7-18/h2-13,16,27H,14-15H2,1H3,(H,25,28)(H2,24,26,31). The third-order valence-corrected chi connectivity index (χ3v) is 6.18. The van der Waals surface area contributed by atoms with Crippen molar-refractivity contribution in [1.82, 2.24) is 16.2 Å². The molecule has 0 bridgehead atoms. The second-order valence-electron chi connectivity index (χ2n) is 7.07. The fourth-order valence-corrected chi connectivity index (χ4v) is 4.05. The number of anilines is 1.